The zero-order valence-electron chi connectivity index (χ0n) is 9.54. The maximum atomic E-state index is 13.9. The van der Waals surface area contributed by atoms with E-state index in [1.54, 1.807) is 6.92 Å². The molecule has 18 heavy (non-hydrogen) atoms. The molecular formula is C10H13FN2O4S. The highest BCUT2D eigenvalue weighted by Crippen LogP contribution is 2.31. The van der Waals surface area contributed by atoms with Crippen LogP contribution >= 0.6 is 12.2 Å². The fraction of sp³-hybridized carbons (Fsp3) is 0.600. The first-order chi connectivity index (χ1) is 8.45. The zero-order valence-corrected chi connectivity index (χ0v) is 10.4. The van der Waals surface area contributed by atoms with Gasteiger partial charge < -0.3 is 14.9 Å². The average molecular weight is 276 g/mol. The standard InChI is InChI=1S/C10H13FN2O4S/c1-4-2-13(10(18)12-8(4)16)9-6(11)7(15)5(3-14)17-9/h2,5-7,9,14-15H,3H2,1H3,(H,12,16,18)/t5-,6?,7?,9-/m1/s1. The van der Waals surface area contributed by atoms with Crippen LogP contribution in [0.2, 0.25) is 0 Å². The van der Waals surface area contributed by atoms with Crippen molar-refractivity contribution in [2.75, 3.05) is 6.61 Å². The lowest BCUT2D eigenvalue weighted by molar-refractivity contribution is -0.0484. The van der Waals surface area contributed by atoms with E-state index < -0.39 is 31.2 Å². The molecule has 2 heterocycles. The van der Waals surface area contributed by atoms with Crippen LogP contribution in [0.15, 0.2) is 11.0 Å². The number of aryl methyl sites for hydroxylation is 1. The maximum absolute atomic E-state index is 13.9. The molecule has 0 aliphatic carbocycles. The molecule has 0 aromatic carbocycles. The summed E-state index contributed by atoms with van der Waals surface area (Å²) >= 11 is 4.92. The van der Waals surface area contributed by atoms with Crippen LogP contribution in [0.25, 0.3) is 0 Å². The molecule has 100 valence electrons. The van der Waals surface area contributed by atoms with E-state index in [0.717, 1.165) is 0 Å². The van der Waals surface area contributed by atoms with E-state index in [4.69, 9.17) is 22.1 Å². The molecule has 4 atom stereocenters. The first-order valence-electron chi connectivity index (χ1n) is 5.36. The smallest absolute Gasteiger partial charge is 0.254 e. The normalized spacial score (nSPS) is 31.8. The van der Waals surface area contributed by atoms with Crippen LogP contribution in [-0.2, 0) is 4.74 Å². The predicted molar refractivity (Wildman–Crippen MR) is 62.5 cm³/mol. The molecule has 1 fully saturated rings. The van der Waals surface area contributed by atoms with Gasteiger partial charge in [-0.15, -0.1) is 0 Å². The molecule has 1 aliphatic heterocycles. The second-order valence-corrected chi connectivity index (χ2v) is 4.55. The lowest BCUT2D eigenvalue weighted by Crippen LogP contribution is -2.30. The molecule has 1 aliphatic rings. The summed E-state index contributed by atoms with van der Waals surface area (Å²) in [6, 6.07) is 0. The van der Waals surface area contributed by atoms with E-state index in [1.165, 1.54) is 10.8 Å². The summed E-state index contributed by atoms with van der Waals surface area (Å²) in [5.74, 6) is 0. The second kappa shape index (κ2) is 4.88. The van der Waals surface area contributed by atoms with E-state index in [2.05, 4.69) is 4.98 Å². The van der Waals surface area contributed by atoms with Gasteiger partial charge in [-0.25, -0.2) is 4.39 Å². The Morgan fingerprint density at radius 1 is 1.67 bits per heavy atom. The van der Waals surface area contributed by atoms with E-state index in [0.29, 0.717) is 5.56 Å². The highest BCUT2D eigenvalue weighted by molar-refractivity contribution is 7.71. The van der Waals surface area contributed by atoms with Crippen LogP contribution < -0.4 is 5.56 Å². The number of halogens is 1. The maximum Gasteiger partial charge on any atom is 0.254 e. The largest absolute Gasteiger partial charge is 0.394 e. The SMILES string of the molecule is Cc1cn([C@@H]2O[C@H](CO)C(O)C2F)c(=S)[nH]c1=O. The number of aromatic amines is 1. The fourth-order valence-corrected chi connectivity index (χ4v) is 2.10. The molecule has 1 aromatic rings. The number of aliphatic hydroxyl groups is 2. The lowest BCUT2D eigenvalue weighted by Gasteiger charge is -2.17. The van der Waals surface area contributed by atoms with Gasteiger partial charge in [-0.05, 0) is 19.1 Å². The Labute approximate surface area is 107 Å². The van der Waals surface area contributed by atoms with E-state index in [9.17, 15) is 14.3 Å². The van der Waals surface area contributed by atoms with Crippen molar-refractivity contribution in [2.45, 2.75) is 31.5 Å². The van der Waals surface area contributed by atoms with Gasteiger partial charge in [0.2, 0.25) is 0 Å². The zero-order chi connectivity index (χ0) is 13.4. The molecule has 3 N–H and O–H groups in total. The van der Waals surface area contributed by atoms with Crippen LogP contribution in [0.3, 0.4) is 0 Å². The van der Waals surface area contributed by atoms with Gasteiger partial charge in [-0.2, -0.15) is 0 Å². The molecule has 2 rings (SSSR count). The summed E-state index contributed by atoms with van der Waals surface area (Å²) in [5.41, 5.74) is -0.00903. The molecule has 0 saturated carbocycles. The molecule has 1 saturated heterocycles. The molecule has 8 heteroatoms. The number of nitrogens with zero attached hydrogens (tertiary/aromatic N) is 1. The Bertz CT molecular complexity index is 558. The minimum absolute atomic E-state index is 0.00374. The lowest BCUT2D eigenvalue weighted by atomic mass is 10.1. The third kappa shape index (κ3) is 2.12. The van der Waals surface area contributed by atoms with E-state index >= 15 is 0 Å². The third-order valence-corrected chi connectivity index (χ3v) is 3.21. The molecule has 0 bridgehead atoms. The molecule has 6 nitrogen and oxygen atoms in total. The van der Waals surface area contributed by atoms with Crippen LogP contribution in [0, 0.1) is 11.7 Å². The van der Waals surface area contributed by atoms with Gasteiger partial charge in [0.25, 0.3) is 5.56 Å². The molecule has 0 amide bonds. The number of nitrogens with one attached hydrogen (secondary N) is 1. The van der Waals surface area contributed by atoms with Crippen molar-refractivity contribution < 1.29 is 19.3 Å². The number of hydrogen-bond acceptors (Lipinski definition) is 5. The van der Waals surface area contributed by atoms with Crippen molar-refractivity contribution in [3.05, 3.63) is 26.9 Å². The number of ether oxygens (including phenoxy) is 1. The van der Waals surface area contributed by atoms with Gasteiger partial charge in [0.15, 0.2) is 17.2 Å². The third-order valence-electron chi connectivity index (χ3n) is 2.89. The monoisotopic (exact) mass is 276 g/mol. The van der Waals surface area contributed by atoms with Gasteiger partial charge in [0.1, 0.15) is 12.2 Å². The van der Waals surface area contributed by atoms with E-state index in [1.807, 2.05) is 0 Å². The summed E-state index contributed by atoms with van der Waals surface area (Å²) in [7, 11) is 0. The number of aliphatic hydroxyl groups excluding tert-OH is 2. The van der Waals surface area contributed by atoms with Crippen LogP contribution in [0.1, 0.15) is 11.8 Å². The molecular weight excluding hydrogens is 263 g/mol. The summed E-state index contributed by atoms with van der Waals surface area (Å²) in [6.07, 6.45) is -3.93. The van der Waals surface area contributed by atoms with Crippen LogP contribution in [-0.4, -0.2) is 44.8 Å². The van der Waals surface area contributed by atoms with Crippen molar-refractivity contribution >= 4 is 12.2 Å². The fourth-order valence-electron chi connectivity index (χ4n) is 1.85. The molecule has 1 aromatic heterocycles. The van der Waals surface area contributed by atoms with Gasteiger partial charge in [-0.3, -0.25) is 14.3 Å². The quantitative estimate of drug-likeness (QED) is 0.651. The number of aromatic nitrogens is 2. The summed E-state index contributed by atoms with van der Waals surface area (Å²) in [5, 5.41) is 18.5. The van der Waals surface area contributed by atoms with Crippen LogP contribution in [0.5, 0.6) is 0 Å². The number of H-pyrrole nitrogens is 1. The van der Waals surface area contributed by atoms with Crippen molar-refractivity contribution in [3.8, 4) is 0 Å². The van der Waals surface area contributed by atoms with Gasteiger partial charge in [0.05, 0.1) is 6.61 Å². The van der Waals surface area contributed by atoms with Gasteiger partial charge >= 0.3 is 0 Å². The Balaban J connectivity index is 2.42. The Morgan fingerprint density at radius 3 is 2.89 bits per heavy atom. The van der Waals surface area contributed by atoms with Gasteiger partial charge in [0, 0.05) is 11.8 Å². The van der Waals surface area contributed by atoms with Gasteiger partial charge in [-0.1, -0.05) is 0 Å². The summed E-state index contributed by atoms with van der Waals surface area (Å²) in [4.78, 5) is 13.7. The summed E-state index contributed by atoms with van der Waals surface area (Å²) in [6.45, 7) is 1.06. The highest BCUT2D eigenvalue weighted by Gasteiger charge is 2.44. The molecule has 0 radical (unpaired) electrons. The van der Waals surface area contributed by atoms with Crippen molar-refractivity contribution in [2.24, 2.45) is 0 Å². The molecule has 2 unspecified atom stereocenters. The molecule has 0 spiro atoms. The second-order valence-electron chi connectivity index (χ2n) is 4.16. The van der Waals surface area contributed by atoms with Crippen molar-refractivity contribution in [1.29, 1.82) is 0 Å². The van der Waals surface area contributed by atoms with Crippen molar-refractivity contribution in [3.63, 3.8) is 0 Å². The minimum atomic E-state index is -1.72. The Kier molecular flexibility index (Phi) is 3.62. The van der Waals surface area contributed by atoms with Crippen LogP contribution in [0.4, 0.5) is 4.39 Å². The first-order valence-corrected chi connectivity index (χ1v) is 5.77. The number of rotatable bonds is 2. The predicted octanol–water partition coefficient (Wildman–Crippen LogP) is -0.197. The first kappa shape index (κ1) is 13.3. The number of alkyl halides is 1. The van der Waals surface area contributed by atoms with Crippen molar-refractivity contribution in [1.82, 2.24) is 9.55 Å². The Morgan fingerprint density at radius 2 is 2.33 bits per heavy atom. The Hall–Kier alpha value is -1.09. The topological polar surface area (TPSA) is 87.5 Å². The average Bonchev–Trinajstić information content (AvgIpc) is 2.61. The minimum Gasteiger partial charge on any atom is -0.394 e. The van der Waals surface area contributed by atoms with E-state index in [-0.39, 0.29) is 10.3 Å². The number of hydrogen-bond donors (Lipinski definition) is 3. The highest BCUT2D eigenvalue weighted by atomic mass is 32.1. The summed E-state index contributed by atoms with van der Waals surface area (Å²) < 4.78 is 20.3.